The van der Waals surface area contributed by atoms with Crippen LogP contribution >= 0.6 is 0 Å². The molecule has 0 aromatic heterocycles. The van der Waals surface area contributed by atoms with Gasteiger partial charge in [0.05, 0.1) is 16.7 Å². The Balaban J connectivity index is 0.00000342. The number of aliphatic hydroxyl groups is 1. The molecule has 9 heteroatoms. The van der Waals surface area contributed by atoms with E-state index in [1.165, 1.54) is 0 Å². The Hall–Kier alpha value is -2.57. The van der Waals surface area contributed by atoms with Gasteiger partial charge < -0.3 is 24.1 Å². The molecule has 1 fully saturated rings. The van der Waals surface area contributed by atoms with Crippen LogP contribution in [0.15, 0.2) is 91.0 Å². The molecule has 3 aromatic carbocycles. The first-order chi connectivity index (χ1) is 16.5. The second kappa shape index (κ2) is 12.9. The predicted molar refractivity (Wildman–Crippen MR) is 119 cm³/mol. The molecule has 0 spiro atoms. The fourth-order valence-electron chi connectivity index (χ4n) is 3.46. The third-order valence-corrected chi connectivity index (χ3v) is 5.18. The Morgan fingerprint density at radius 1 is 0.657 bits per heavy atom. The zero-order valence-electron chi connectivity index (χ0n) is 18.6. The SMILES string of the molecule is O=C(OC[C@H]1O[C@@H](O)C(OC(=O)c2ccccc2)C1OC(=O)c1ccccc1)c1ccccc1.[Ac]. The summed E-state index contributed by atoms with van der Waals surface area (Å²) >= 11 is 0. The van der Waals surface area contributed by atoms with Crippen molar-refractivity contribution in [1.29, 1.82) is 0 Å². The van der Waals surface area contributed by atoms with Crippen molar-refractivity contribution in [3.63, 3.8) is 0 Å². The summed E-state index contributed by atoms with van der Waals surface area (Å²) in [4.78, 5) is 37.6. The second-order valence-corrected chi connectivity index (χ2v) is 7.50. The van der Waals surface area contributed by atoms with Gasteiger partial charge in [0.15, 0.2) is 18.5 Å². The van der Waals surface area contributed by atoms with E-state index in [1.807, 2.05) is 0 Å². The average molecular weight is 689 g/mol. The molecule has 8 nitrogen and oxygen atoms in total. The molecule has 1 saturated heterocycles. The first-order valence-electron chi connectivity index (χ1n) is 10.6. The summed E-state index contributed by atoms with van der Waals surface area (Å²) in [5.74, 6) is -2.05. The quantitative estimate of drug-likeness (QED) is 0.298. The molecule has 0 amide bonds. The molecule has 4 rings (SSSR count). The molecule has 3 aromatic rings. The van der Waals surface area contributed by atoms with Gasteiger partial charge in [0.25, 0.3) is 0 Å². The third-order valence-electron chi connectivity index (χ3n) is 5.18. The smallest absolute Gasteiger partial charge is 0.338 e. The van der Waals surface area contributed by atoms with Crippen molar-refractivity contribution in [2.45, 2.75) is 24.6 Å². The fourth-order valence-corrected chi connectivity index (χ4v) is 3.46. The summed E-state index contributed by atoms with van der Waals surface area (Å²) in [5, 5.41) is 10.5. The molecule has 1 heterocycles. The molecule has 0 bridgehead atoms. The maximum absolute atomic E-state index is 12.7. The van der Waals surface area contributed by atoms with Crippen molar-refractivity contribution in [3.05, 3.63) is 108 Å². The van der Waals surface area contributed by atoms with E-state index in [0.29, 0.717) is 5.56 Å². The number of hydrogen-bond donors (Lipinski definition) is 1. The van der Waals surface area contributed by atoms with E-state index in [0.717, 1.165) is 0 Å². The molecule has 1 radical (unpaired) electrons. The maximum atomic E-state index is 12.7. The molecular weight excluding hydrogens is 667 g/mol. The molecule has 4 atom stereocenters. The van der Waals surface area contributed by atoms with Crippen LogP contribution in [0.25, 0.3) is 0 Å². The van der Waals surface area contributed by atoms with E-state index in [9.17, 15) is 19.5 Å². The largest absolute Gasteiger partial charge is 0.459 e. The molecular formula is C26H22AcO8. The summed E-state index contributed by atoms with van der Waals surface area (Å²) in [7, 11) is 0. The van der Waals surface area contributed by atoms with Gasteiger partial charge in [-0.15, -0.1) is 0 Å². The zero-order chi connectivity index (χ0) is 23.9. The van der Waals surface area contributed by atoms with Gasteiger partial charge in [-0.2, -0.15) is 0 Å². The molecule has 1 aliphatic heterocycles. The van der Waals surface area contributed by atoms with Gasteiger partial charge in [0.1, 0.15) is 12.7 Å². The summed E-state index contributed by atoms with van der Waals surface area (Å²) in [6.45, 7) is -0.336. The monoisotopic (exact) mass is 689 g/mol. The molecule has 177 valence electrons. The molecule has 1 N–H and O–H groups in total. The Bertz CT molecular complexity index is 1120. The molecule has 0 saturated carbocycles. The predicted octanol–water partition coefficient (Wildman–Crippen LogP) is 3.01. The number of aliphatic hydroxyl groups excluding tert-OH is 1. The van der Waals surface area contributed by atoms with Crippen LogP contribution in [-0.2, 0) is 18.9 Å². The van der Waals surface area contributed by atoms with Crippen molar-refractivity contribution in [1.82, 2.24) is 0 Å². The third kappa shape index (κ3) is 6.99. The Labute approximate surface area is 237 Å². The maximum Gasteiger partial charge on any atom is 0.338 e. The summed E-state index contributed by atoms with van der Waals surface area (Å²) in [5.41, 5.74) is 0.838. The fraction of sp³-hybridized carbons (Fsp3) is 0.192. The molecule has 2 unspecified atom stereocenters. The van der Waals surface area contributed by atoms with E-state index in [4.69, 9.17) is 18.9 Å². The van der Waals surface area contributed by atoms with Crippen molar-refractivity contribution in [3.8, 4) is 0 Å². The van der Waals surface area contributed by atoms with Crippen LogP contribution in [0.1, 0.15) is 31.1 Å². The van der Waals surface area contributed by atoms with Gasteiger partial charge in [-0.05, 0) is 36.4 Å². The van der Waals surface area contributed by atoms with Gasteiger partial charge >= 0.3 is 17.9 Å². The number of hydrogen-bond acceptors (Lipinski definition) is 8. The Kier molecular flexibility index (Phi) is 9.99. The van der Waals surface area contributed by atoms with E-state index < -0.39 is 42.5 Å². The summed E-state index contributed by atoms with van der Waals surface area (Å²) in [6.07, 6.45) is -5.22. The van der Waals surface area contributed by atoms with Crippen LogP contribution in [0.5, 0.6) is 0 Å². The number of esters is 3. The molecule has 0 aliphatic carbocycles. The van der Waals surface area contributed by atoms with Gasteiger partial charge in [0, 0.05) is 44.1 Å². The normalized spacial score (nSPS) is 20.8. The van der Waals surface area contributed by atoms with Crippen molar-refractivity contribution in [2.75, 3.05) is 6.61 Å². The van der Waals surface area contributed by atoms with Crippen LogP contribution in [0, 0.1) is 44.1 Å². The average Bonchev–Trinajstić information content (AvgIpc) is 3.17. The van der Waals surface area contributed by atoms with Gasteiger partial charge in [-0.25, -0.2) is 14.4 Å². The topological polar surface area (TPSA) is 108 Å². The standard InChI is InChI=1S/C26H22O8.Ac/c27-23(17-10-4-1-5-11-17)31-16-20-21(33-24(28)18-12-6-2-7-13-18)22(26(30)32-20)34-25(29)19-14-8-3-9-15-19;/h1-15,20-22,26,30H,16H2;/t20-,21?,22?,26-;/m1./s1. The van der Waals surface area contributed by atoms with Gasteiger partial charge in [0.2, 0.25) is 0 Å². The number of ether oxygens (including phenoxy) is 4. The Morgan fingerprint density at radius 3 is 1.51 bits per heavy atom. The van der Waals surface area contributed by atoms with E-state index in [-0.39, 0.29) is 61.8 Å². The second-order valence-electron chi connectivity index (χ2n) is 7.50. The van der Waals surface area contributed by atoms with Crippen LogP contribution in [0.2, 0.25) is 0 Å². The number of carbonyl (C=O) groups excluding carboxylic acids is 3. The zero-order valence-corrected chi connectivity index (χ0v) is 23.3. The number of carbonyl (C=O) groups is 3. The first-order valence-corrected chi connectivity index (χ1v) is 10.6. The number of rotatable bonds is 7. The summed E-state index contributed by atoms with van der Waals surface area (Å²) < 4.78 is 21.8. The van der Waals surface area contributed by atoms with Crippen molar-refractivity contribution < 1.29 is 82.5 Å². The number of benzene rings is 3. The van der Waals surface area contributed by atoms with Crippen LogP contribution in [0.3, 0.4) is 0 Å². The molecule has 1 aliphatic rings. The first kappa shape index (κ1) is 27.0. The van der Waals surface area contributed by atoms with Crippen LogP contribution < -0.4 is 0 Å². The van der Waals surface area contributed by atoms with E-state index >= 15 is 0 Å². The van der Waals surface area contributed by atoms with Gasteiger partial charge in [-0.1, -0.05) is 54.6 Å². The van der Waals surface area contributed by atoms with Crippen LogP contribution in [-0.4, -0.2) is 54.2 Å². The van der Waals surface area contributed by atoms with Crippen LogP contribution in [0.4, 0.5) is 0 Å². The van der Waals surface area contributed by atoms with Gasteiger partial charge in [-0.3, -0.25) is 0 Å². The Morgan fingerprint density at radius 2 is 1.06 bits per heavy atom. The van der Waals surface area contributed by atoms with E-state index in [1.54, 1.807) is 91.0 Å². The minimum absolute atomic E-state index is 0. The minimum Gasteiger partial charge on any atom is -0.459 e. The van der Waals surface area contributed by atoms with Crippen molar-refractivity contribution in [2.24, 2.45) is 0 Å². The van der Waals surface area contributed by atoms with E-state index in [2.05, 4.69) is 0 Å². The van der Waals surface area contributed by atoms with Crippen molar-refractivity contribution >= 4 is 17.9 Å². The molecule has 35 heavy (non-hydrogen) atoms. The summed E-state index contributed by atoms with van der Waals surface area (Å²) in [6, 6.07) is 24.7. The minimum atomic E-state index is -1.60.